The summed E-state index contributed by atoms with van der Waals surface area (Å²) in [5, 5.41) is 8.34. The van der Waals surface area contributed by atoms with Crippen molar-refractivity contribution >= 4 is 23.8 Å². The number of benzene rings is 1. The number of aldehydes is 1. The van der Waals surface area contributed by atoms with Crippen LogP contribution in [0.15, 0.2) is 24.8 Å². The number of amides is 2. The summed E-state index contributed by atoms with van der Waals surface area (Å²) in [5.41, 5.74) is 2.95. The Hall–Kier alpha value is -2.71. The van der Waals surface area contributed by atoms with Crippen molar-refractivity contribution < 1.29 is 23.9 Å². The molecule has 160 valence electrons. The van der Waals surface area contributed by atoms with Crippen molar-refractivity contribution in [2.45, 2.75) is 25.8 Å². The fourth-order valence-corrected chi connectivity index (χ4v) is 2.55. The Kier molecular flexibility index (Phi) is 11.3. The molecule has 1 rings (SSSR count). The van der Waals surface area contributed by atoms with E-state index in [4.69, 9.17) is 9.47 Å². The first-order valence-electron chi connectivity index (χ1n) is 9.49. The summed E-state index contributed by atoms with van der Waals surface area (Å²) in [7, 11) is 3.15. The van der Waals surface area contributed by atoms with Crippen LogP contribution in [0.2, 0.25) is 0 Å². The lowest BCUT2D eigenvalue weighted by molar-refractivity contribution is -0.122. The summed E-state index contributed by atoms with van der Waals surface area (Å²) < 4.78 is 11.2. The van der Waals surface area contributed by atoms with E-state index in [9.17, 15) is 14.4 Å². The van der Waals surface area contributed by atoms with Crippen LogP contribution in [0, 0.1) is 6.92 Å². The van der Waals surface area contributed by atoms with Gasteiger partial charge in [0.05, 0.1) is 32.5 Å². The van der Waals surface area contributed by atoms with E-state index < -0.39 is 0 Å². The van der Waals surface area contributed by atoms with Crippen LogP contribution in [0.5, 0.6) is 0 Å². The Balaban J connectivity index is 2.66. The van der Waals surface area contributed by atoms with Crippen molar-refractivity contribution in [1.29, 1.82) is 0 Å². The molecule has 0 heterocycles. The molecule has 2 amide bonds. The van der Waals surface area contributed by atoms with Gasteiger partial charge in [0.1, 0.15) is 6.29 Å². The van der Waals surface area contributed by atoms with Crippen LogP contribution in [0.25, 0.3) is 5.70 Å². The third kappa shape index (κ3) is 9.87. The Bertz CT molecular complexity index is 682. The molecule has 0 fully saturated rings. The lowest BCUT2D eigenvalue weighted by Crippen LogP contribution is -2.37. The molecule has 29 heavy (non-hydrogen) atoms. The van der Waals surface area contributed by atoms with E-state index >= 15 is 0 Å². The Morgan fingerprint density at radius 1 is 1.03 bits per heavy atom. The monoisotopic (exact) mass is 405 g/mol. The largest absolute Gasteiger partial charge is 0.379 e. The third-order valence-corrected chi connectivity index (χ3v) is 4.11. The minimum atomic E-state index is -0.239. The fourth-order valence-electron chi connectivity index (χ4n) is 2.55. The lowest BCUT2D eigenvalue weighted by Gasteiger charge is -2.22. The van der Waals surface area contributed by atoms with Gasteiger partial charge in [-0.15, -0.1) is 0 Å². The van der Waals surface area contributed by atoms with Gasteiger partial charge in [-0.25, -0.2) is 0 Å². The minimum absolute atomic E-state index is 0.0955. The van der Waals surface area contributed by atoms with E-state index in [0.717, 1.165) is 17.4 Å². The van der Waals surface area contributed by atoms with E-state index in [1.807, 2.05) is 13.0 Å². The summed E-state index contributed by atoms with van der Waals surface area (Å²) in [5.74, 6) is -0.191. The highest BCUT2D eigenvalue weighted by molar-refractivity contribution is 5.78. The molecule has 0 atom stereocenters. The van der Waals surface area contributed by atoms with Crippen molar-refractivity contribution in [2.75, 3.05) is 40.5 Å². The second-order valence-corrected chi connectivity index (χ2v) is 6.57. The standard InChI is InChI=1S/C21H31N3O5/c1-15-9-17(12-25)11-18(10-15)16(2)24-19(13-28-7-5-20(26)22-3)14-29-8-6-21(27)23-4/h9-12,19,24H,2,5-8,13-14H2,1,3-4H3,(H,22,26)(H,23,27). The van der Waals surface area contributed by atoms with Crippen molar-refractivity contribution in [1.82, 2.24) is 16.0 Å². The molecule has 8 nitrogen and oxygen atoms in total. The molecular formula is C21H31N3O5. The zero-order valence-electron chi connectivity index (χ0n) is 17.4. The van der Waals surface area contributed by atoms with Gasteiger partial charge in [-0.1, -0.05) is 6.58 Å². The fraction of sp³-hybridized carbons (Fsp3) is 0.476. The van der Waals surface area contributed by atoms with Crippen molar-refractivity contribution in [3.05, 3.63) is 41.5 Å². The van der Waals surface area contributed by atoms with Gasteiger partial charge < -0.3 is 25.4 Å². The van der Waals surface area contributed by atoms with Gasteiger partial charge in [-0.05, 0) is 36.2 Å². The maximum Gasteiger partial charge on any atom is 0.222 e. The molecule has 0 saturated heterocycles. The predicted octanol–water partition coefficient (Wildman–Crippen LogP) is 1.04. The molecule has 1 aromatic rings. The Morgan fingerprint density at radius 2 is 1.59 bits per heavy atom. The highest BCUT2D eigenvalue weighted by Gasteiger charge is 2.13. The zero-order chi connectivity index (χ0) is 21.6. The van der Waals surface area contributed by atoms with Crippen LogP contribution in [-0.2, 0) is 19.1 Å². The van der Waals surface area contributed by atoms with Crippen LogP contribution in [-0.4, -0.2) is 64.7 Å². The second kappa shape index (κ2) is 13.5. The maximum absolute atomic E-state index is 11.3. The Labute approximate surface area is 172 Å². The zero-order valence-corrected chi connectivity index (χ0v) is 17.4. The smallest absolute Gasteiger partial charge is 0.222 e. The number of hydrogen-bond donors (Lipinski definition) is 3. The van der Waals surface area contributed by atoms with Crippen molar-refractivity contribution in [3.63, 3.8) is 0 Å². The van der Waals surface area contributed by atoms with E-state index in [1.165, 1.54) is 0 Å². The predicted molar refractivity (Wildman–Crippen MR) is 112 cm³/mol. The summed E-state index contributed by atoms with van der Waals surface area (Å²) in [6.07, 6.45) is 1.33. The lowest BCUT2D eigenvalue weighted by atomic mass is 10.0. The van der Waals surface area contributed by atoms with Gasteiger partial charge in [0, 0.05) is 38.2 Å². The molecule has 3 N–H and O–H groups in total. The number of carbonyl (C=O) groups is 3. The normalized spacial score (nSPS) is 10.5. The number of ether oxygens (including phenoxy) is 2. The number of nitrogens with one attached hydrogen (secondary N) is 3. The van der Waals surface area contributed by atoms with Crippen LogP contribution in [0.4, 0.5) is 0 Å². The summed E-state index contributed by atoms with van der Waals surface area (Å²) in [4.78, 5) is 33.7. The van der Waals surface area contributed by atoms with Crippen LogP contribution in [0.3, 0.4) is 0 Å². The van der Waals surface area contributed by atoms with Crippen LogP contribution in [0.1, 0.15) is 34.3 Å². The first kappa shape index (κ1) is 24.3. The average Bonchev–Trinajstić information content (AvgIpc) is 2.72. The van der Waals surface area contributed by atoms with Gasteiger partial charge in [-0.3, -0.25) is 14.4 Å². The number of hydrogen-bond acceptors (Lipinski definition) is 6. The topological polar surface area (TPSA) is 106 Å². The average molecular weight is 405 g/mol. The van der Waals surface area contributed by atoms with Crippen LogP contribution < -0.4 is 16.0 Å². The number of rotatable bonds is 14. The first-order chi connectivity index (χ1) is 13.9. The molecule has 0 bridgehead atoms. The number of aryl methyl sites for hydroxylation is 1. The highest BCUT2D eigenvalue weighted by atomic mass is 16.5. The SMILES string of the molecule is C=C(NC(COCCC(=O)NC)COCCC(=O)NC)c1cc(C)cc(C=O)c1. The van der Waals surface area contributed by atoms with E-state index in [-0.39, 0.29) is 43.9 Å². The molecule has 0 aromatic heterocycles. The van der Waals surface area contributed by atoms with Gasteiger partial charge in [0.2, 0.25) is 11.8 Å². The van der Waals surface area contributed by atoms with Crippen molar-refractivity contribution in [2.24, 2.45) is 0 Å². The third-order valence-electron chi connectivity index (χ3n) is 4.11. The molecule has 0 saturated carbocycles. The molecular weight excluding hydrogens is 374 g/mol. The summed E-state index contributed by atoms with van der Waals surface area (Å²) in [6.45, 7) is 7.11. The Morgan fingerprint density at radius 3 is 2.07 bits per heavy atom. The molecule has 1 aromatic carbocycles. The first-order valence-corrected chi connectivity index (χ1v) is 9.49. The maximum atomic E-state index is 11.3. The molecule has 0 aliphatic carbocycles. The molecule has 0 spiro atoms. The molecule has 0 radical (unpaired) electrons. The van der Waals surface area contributed by atoms with Gasteiger partial charge in [0.15, 0.2) is 0 Å². The van der Waals surface area contributed by atoms with Gasteiger partial charge in [-0.2, -0.15) is 0 Å². The number of carbonyl (C=O) groups excluding carboxylic acids is 3. The molecule has 0 aliphatic rings. The minimum Gasteiger partial charge on any atom is -0.379 e. The highest BCUT2D eigenvalue weighted by Crippen LogP contribution is 2.15. The van der Waals surface area contributed by atoms with Crippen LogP contribution >= 0.6 is 0 Å². The summed E-state index contributed by atoms with van der Waals surface area (Å²) >= 11 is 0. The van der Waals surface area contributed by atoms with E-state index in [2.05, 4.69) is 22.5 Å². The molecule has 8 heteroatoms. The molecule has 0 aliphatic heterocycles. The van der Waals surface area contributed by atoms with Gasteiger partial charge >= 0.3 is 0 Å². The van der Waals surface area contributed by atoms with Crippen molar-refractivity contribution in [3.8, 4) is 0 Å². The molecule has 0 unspecified atom stereocenters. The second-order valence-electron chi connectivity index (χ2n) is 6.57. The van der Waals surface area contributed by atoms with E-state index in [1.54, 1.807) is 26.2 Å². The quantitative estimate of drug-likeness (QED) is 0.316. The van der Waals surface area contributed by atoms with E-state index in [0.29, 0.717) is 24.5 Å². The summed E-state index contributed by atoms with van der Waals surface area (Å²) in [6, 6.07) is 5.24. The van der Waals surface area contributed by atoms with Gasteiger partial charge in [0.25, 0.3) is 0 Å².